The van der Waals surface area contributed by atoms with Gasteiger partial charge in [-0.25, -0.2) is 0 Å². The molecule has 0 aliphatic carbocycles. The molecule has 0 unspecified atom stereocenters. The maximum atomic E-state index is 9.28. The number of rotatable bonds is 5. The highest BCUT2D eigenvalue weighted by Crippen LogP contribution is 2.37. The van der Waals surface area contributed by atoms with Crippen molar-refractivity contribution in [2.45, 2.75) is 70.9 Å². The molecule has 0 aromatic carbocycles. The minimum atomic E-state index is -1.68. The Hall–Kier alpha value is -0.303. The van der Waals surface area contributed by atoms with Gasteiger partial charge in [0.1, 0.15) is 6.10 Å². The van der Waals surface area contributed by atoms with Crippen molar-refractivity contribution < 1.29 is 9.53 Å². The highest BCUT2D eigenvalue weighted by molar-refractivity contribution is 6.74. The first kappa shape index (κ1) is 15.7. The molecule has 0 rings (SSSR count). The average molecular weight is 242 g/mol. The second-order valence-electron chi connectivity index (χ2n) is 5.95. The molecule has 3 heteroatoms. The number of terminal acetylenes is 1. The Kier molecular flexibility index (Phi) is 5.75. The fourth-order valence-electron chi connectivity index (χ4n) is 1.21. The van der Waals surface area contributed by atoms with Crippen molar-refractivity contribution in [1.82, 2.24) is 0 Å². The minimum absolute atomic E-state index is 0.170. The zero-order valence-corrected chi connectivity index (χ0v) is 12.5. The highest BCUT2D eigenvalue weighted by Gasteiger charge is 2.38. The molecule has 0 bridgehead atoms. The molecule has 0 aromatic heterocycles. The Labute approximate surface area is 102 Å². The molecule has 0 fully saturated rings. The molecular formula is C13H26O2Si. The van der Waals surface area contributed by atoms with Crippen LogP contribution in [-0.2, 0) is 4.43 Å². The summed E-state index contributed by atoms with van der Waals surface area (Å²) in [5.41, 5.74) is 0. The van der Waals surface area contributed by atoms with Crippen LogP contribution in [0.15, 0.2) is 0 Å². The first-order valence-corrected chi connectivity index (χ1v) is 8.83. The van der Waals surface area contributed by atoms with Crippen molar-refractivity contribution in [3.8, 4) is 12.3 Å². The molecule has 0 aliphatic rings. The van der Waals surface area contributed by atoms with Gasteiger partial charge in [0, 0.05) is 6.10 Å². The number of hydrogen-bond acceptors (Lipinski definition) is 2. The van der Waals surface area contributed by atoms with Gasteiger partial charge in [0.25, 0.3) is 0 Å². The molecule has 94 valence electrons. The van der Waals surface area contributed by atoms with Gasteiger partial charge >= 0.3 is 0 Å². The fraction of sp³-hybridized carbons (Fsp3) is 0.846. The van der Waals surface area contributed by atoms with Crippen molar-refractivity contribution >= 4 is 8.32 Å². The van der Waals surface area contributed by atoms with Gasteiger partial charge in [0.2, 0.25) is 0 Å². The van der Waals surface area contributed by atoms with E-state index >= 15 is 0 Å². The topological polar surface area (TPSA) is 29.5 Å². The summed E-state index contributed by atoms with van der Waals surface area (Å²) in [6.45, 7) is 13.2. The number of aliphatic hydroxyl groups is 1. The lowest BCUT2D eigenvalue weighted by Crippen LogP contribution is -2.43. The largest absolute Gasteiger partial charge is 0.414 e. The number of hydrogen-bond donors (Lipinski definition) is 1. The van der Waals surface area contributed by atoms with E-state index in [9.17, 15) is 5.11 Å². The third kappa shape index (κ3) is 5.15. The molecule has 1 N–H and O–H groups in total. The quantitative estimate of drug-likeness (QED) is 0.593. The Morgan fingerprint density at radius 3 is 2.19 bits per heavy atom. The van der Waals surface area contributed by atoms with Crippen LogP contribution >= 0.6 is 0 Å². The Bertz CT molecular complexity index is 248. The Morgan fingerprint density at radius 1 is 1.31 bits per heavy atom. The first-order chi connectivity index (χ1) is 7.10. The summed E-state index contributed by atoms with van der Waals surface area (Å²) >= 11 is 0. The van der Waals surface area contributed by atoms with E-state index in [1.807, 2.05) is 0 Å². The van der Waals surface area contributed by atoms with Crippen LogP contribution in [0.4, 0.5) is 0 Å². The molecule has 0 aromatic rings. The van der Waals surface area contributed by atoms with E-state index in [0.717, 1.165) is 6.42 Å². The molecule has 0 saturated heterocycles. The predicted molar refractivity (Wildman–Crippen MR) is 71.8 cm³/mol. The highest BCUT2D eigenvalue weighted by atomic mass is 28.4. The van der Waals surface area contributed by atoms with Gasteiger partial charge in [-0.05, 0) is 37.9 Å². The first-order valence-electron chi connectivity index (χ1n) is 5.92. The lowest BCUT2D eigenvalue weighted by molar-refractivity contribution is 0.154. The average Bonchev–Trinajstić information content (AvgIpc) is 2.11. The van der Waals surface area contributed by atoms with Crippen LogP contribution in [0.25, 0.3) is 0 Å². The van der Waals surface area contributed by atoms with Gasteiger partial charge in [0.15, 0.2) is 8.32 Å². The van der Waals surface area contributed by atoms with E-state index in [2.05, 4.69) is 46.7 Å². The molecule has 0 aliphatic heterocycles. The van der Waals surface area contributed by atoms with Crippen LogP contribution in [0.1, 0.15) is 40.5 Å². The molecule has 0 amide bonds. The van der Waals surface area contributed by atoms with E-state index < -0.39 is 14.4 Å². The van der Waals surface area contributed by atoms with Crippen LogP contribution in [0.5, 0.6) is 0 Å². The van der Waals surface area contributed by atoms with Crippen LogP contribution in [0, 0.1) is 12.3 Å². The predicted octanol–water partition coefficient (Wildman–Crippen LogP) is 3.17. The van der Waals surface area contributed by atoms with E-state index in [4.69, 9.17) is 10.8 Å². The maximum Gasteiger partial charge on any atom is 0.192 e. The fourth-order valence-corrected chi connectivity index (χ4v) is 2.69. The van der Waals surface area contributed by atoms with Gasteiger partial charge in [-0.2, -0.15) is 0 Å². The molecule has 2 atom stereocenters. The summed E-state index contributed by atoms with van der Waals surface area (Å²) in [4.78, 5) is 0. The molecule has 0 spiro atoms. The van der Waals surface area contributed by atoms with Crippen molar-refractivity contribution in [3.63, 3.8) is 0 Å². The van der Waals surface area contributed by atoms with Gasteiger partial charge < -0.3 is 9.53 Å². The third-order valence-corrected chi connectivity index (χ3v) is 7.95. The molecule has 2 nitrogen and oxygen atoms in total. The summed E-state index contributed by atoms with van der Waals surface area (Å²) < 4.78 is 6.16. The Balaban J connectivity index is 4.15. The van der Waals surface area contributed by atoms with E-state index in [1.54, 1.807) is 0 Å². The van der Waals surface area contributed by atoms with E-state index in [1.165, 1.54) is 0 Å². The summed E-state index contributed by atoms with van der Waals surface area (Å²) in [6.07, 6.45) is 6.09. The summed E-state index contributed by atoms with van der Waals surface area (Å²) in [6, 6.07) is 0. The van der Waals surface area contributed by atoms with Crippen molar-refractivity contribution in [2.75, 3.05) is 0 Å². The van der Waals surface area contributed by atoms with E-state index in [0.29, 0.717) is 6.42 Å². The van der Waals surface area contributed by atoms with E-state index in [-0.39, 0.29) is 11.1 Å². The standard InChI is InChI=1S/C13H26O2Si/c1-8-12(14)10-9-11(2)15-16(6,7)13(3,4)5/h1,11-12,14H,9-10H2,2-7H3/t11-,12-/m1/s1. The van der Waals surface area contributed by atoms with Crippen LogP contribution in [0.2, 0.25) is 18.1 Å². The minimum Gasteiger partial charge on any atom is -0.414 e. The van der Waals surface area contributed by atoms with Crippen molar-refractivity contribution in [1.29, 1.82) is 0 Å². The monoisotopic (exact) mass is 242 g/mol. The van der Waals surface area contributed by atoms with Crippen LogP contribution in [-0.4, -0.2) is 25.6 Å². The smallest absolute Gasteiger partial charge is 0.192 e. The number of aliphatic hydroxyl groups excluding tert-OH is 1. The van der Waals surface area contributed by atoms with Gasteiger partial charge in [-0.1, -0.05) is 26.7 Å². The molecule has 0 saturated carbocycles. The van der Waals surface area contributed by atoms with Gasteiger partial charge in [0.05, 0.1) is 0 Å². The van der Waals surface area contributed by atoms with Gasteiger partial charge in [-0.15, -0.1) is 6.42 Å². The second kappa shape index (κ2) is 5.86. The Morgan fingerprint density at radius 2 is 1.81 bits per heavy atom. The lowest BCUT2D eigenvalue weighted by atomic mass is 10.1. The zero-order valence-electron chi connectivity index (χ0n) is 11.5. The molecular weight excluding hydrogens is 216 g/mol. The van der Waals surface area contributed by atoms with Crippen molar-refractivity contribution in [3.05, 3.63) is 0 Å². The third-order valence-electron chi connectivity index (χ3n) is 3.34. The molecule has 0 radical (unpaired) electrons. The summed E-state index contributed by atoms with van der Waals surface area (Å²) in [5.74, 6) is 2.32. The lowest BCUT2D eigenvalue weighted by Gasteiger charge is -2.38. The van der Waals surface area contributed by atoms with Gasteiger partial charge in [-0.3, -0.25) is 0 Å². The zero-order chi connectivity index (χ0) is 13.0. The van der Waals surface area contributed by atoms with Crippen LogP contribution in [0.3, 0.4) is 0 Å². The SMILES string of the molecule is C#C[C@@H](O)CC[C@@H](C)O[Si](C)(C)C(C)(C)C. The molecule has 0 heterocycles. The van der Waals surface area contributed by atoms with Crippen molar-refractivity contribution in [2.24, 2.45) is 0 Å². The molecule has 16 heavy (non-hydrogen) atoms. The normalized spacial score (nSPS) is 16.6. The summed E-state index contributed by atoms with van der Waals surface area (Å²) in [7, 11) is -1.68. The summed E-state index contributed by atoms with van der Waals surface area (Å²) in [5, 5.41) is 9.51. The second-order valence-corrected chi connectivity index (χ2v) is 10.7. The maximum absolute atomic E-state index is 9.28. The van der Waals surface area contributed by atoms with Crippen LogP contribution < -0.4 is 0 Å².